The SMILES string of the molecule is Cc1cc(F)ccc1Oc1cc(N)nc(C2CC2)n1. The molecule has 0 saturated heterocycles. The molecule has 1 aromatic heterocycles. The number of nitrogens with two attached hydrogens (primary N) is 1. The maximum Gasteiger partial charge on any atom is 0.224 e. The van der Waals surface area contributed by atoms with Crippen molar-refractivity contribution < 1.29 is 9.13 Å². The molecule has 3 rings (SSSR count). The molecular formula is C14H14FN3O. The fourth-order valence-electron chi connectivity index (χ4n) is 1.88. The number of hydrogen-bond donors (Lipinski definition) is 1. The Morgan fingerprint density at radius 1 is 1.26 bits per heavy atom. The Hall–Kier alpha value is -2.17. The van der Waals surface area contributed by atoms with Crippen LogP contribution in [0.25, 0.3) is 0 Å². The highest BCUT2D eigenvalue weighted by atomic mass is 19.1. The van der Waals surface area contributed by atoms with Gasteiger partial charge < -0.3 is 10.5 Å². The summed E-state index contributed by atoms with van der Waals surface area (Å²) >= 11 is 0. The number of rotatable bonds is 3. The first-order valence-corrected chi connectivity index (χ1v) is 6.20. The molecule has 0 unspecified atom stereocenters. The Kier molecular flexibility index (Phi) is 2.81. The number of halogens is 1. The summed E-state index contributed by atoms with van der Waals surface area (Å²) in [5.74, 6) is 2.22. The molecule has 1 heterocycles. The lowest BCUT2D eigenvalue weighted by atomic mass is 10.2. The zero-order valence-corrected chi connectivity index (χ0v) is 10.6. The van der Waals surface area contributed by atoms with Crippen molar-refractivity contribution in [2.75, 3.05) is 5.73 Å². The molecule has 0 radical (unpaired) electrons. The third kappa shape index (κ3) is 2.65. The second-order valence-electron chi connectivity index (χ2n) is 4.78. The van der Waals surface area contributed by atoms with Crippen LogP contribution in [-0.2, 0) is 0 Å². The van der Waals surface area contributed by atoms with Crippen molar-refractivity contribution in [1.82, 2.24) is 9.97 Å². The van der Waals surface area contributed by atoms with Crippen LogP contribution >= 0.6 is 0 Å². The second-order valence-corrected chi connectivity index (χ2v) is 4.78. The number of aromatic nitrogens is 2. The zero-order valence-electron chi connectivity index (χ0n) is 10.6. The summed E-state index contributed by atoms with van der Waals surface area (Å²) in [6.07, 6.45) is 2.19. The van der Waals surface area contributed by atoms with E-state index in [1.165, 1.54) is 12.1 Å². The van der Waals surface area contributed by atoms with Crippen LogP contribution in [0.5, 0.6) is 11.6 Å². The predicted molar refractivity (Wildman–Crippen MR) is 69.6 cm³/mol. The van der Waals surface area contributed by atoms with Gasteiger partial charge in [0.15, 0.2) is 0 Å². The van der Waals surface area contributed by atoms with E-state index in [2.05, 4.69) is 9.97 Å². The van der Waals surface area contributed by atoms with Gasteiger partial charge in [-0.2, -0.15) is 4.98 Å². The standard InChI is InChI=1S/C14H14FN3O/c1-8-6-10(15)4-5-11(8)19-13-7-12(16)17-14(18-13)9-2-3-9/h4-7,9H,2-3H2,1H3,(H2,16,17,18). The van der Waals surface area contributed by atoms with Crippen LogP contribution in [0.15, 0.2) is 24.3 Å². The van der Waals surface area contributed by atoms with E-state index in [-0.39, 0.29) is 5.82 Å². The largest absolute Gasteiger partial charge is 0.439 e. The van der Waals surface area contributed by atoms with Crippen molar-refractivity contribution in [3.8, 4) is 11.6 Å². The minimum Gasteiger partial charge on any atom is -0.439 e. The van der Waals surface area contributed by atoms with Crippen LogP contribution in [-0.4, -0.2) is 9.97 Å². The lowest BCUT2D eigenvalue weighted by Crippen LogP contribution is -2.01. The van der Waals surface area contributed by atoms with Gasteiger partial charge in [0.05, 0.1) is 0 Å². The van der Waals surface area contributed by atoms with E-state index >= 15 is 0 Å². The van der Waals surface area contributed by atoms with E-state index in [1.54, 1.807) is 19.1 Å². The van der Waals surface area contributed by atoms with Crippen molar-refractivity contribution in [3.63, 3.8) is 0 Å². The van der Waals surface area contributed by atoms with Gasteiger partial charge in [0.1, 0.15) is 23.2 Å². The summed E-state index contributed by atoms with van der Waals surface area (Å²) in [6, 6.07) is 5.94. The van der Waals surface area contributed by atoms with Crippen LogP contribution in [0.4, 0.5) is 10.2 Å². The third-order valence-electron chi connectivity index (χ3n) is 3.03. The maximum atomic E-state index is 13.0. The average Bonchev–Trinajstić information content (AvgIpc) is 3.16. The van der Waals surface area contributed by atoms with Gasteiger partial charge in [0.2, 0.25) is 5.88 Å². The van der Waals surface area contributed by atoms with Crippen molar-refractivity contribution >= 4 is 5.82 Å². The highest BCUT2D eigenvalue weighted by Crippen LogP contribution is 2.39. The first-order valence-electron chi connectivity index (χ1n) is 6.20. The van der Waals surface area contributed by atoms with E-state index in [0.717, 1.165) is 18.7 Å². The molecule has 1 saturated carbocycles. The number of ether oxygens (including phenoxy) is 1. The number of nitrogen functional groups attached to an aromatic ring is 1. The van der Waals surface area contributed by atoms with Gasteiger partial charge in [-0.25, -0.2) is 9.37 Å². The highest BCUT2D eigenvalue weighted by molar-refractivity contribution is 5.39. The van der Waals surface area contributed by atoms with Gasteiger partial charge >= 0.3 is 0 Å². The molecule has 0 aliphatic heterocycles. The lowest BCUT2D eigenvalue weighted by molar-refractivity contribution is 0.454. The Morgan fingerprint density at radius 3 is 2.74 bits per heavy atom. The van der Waals surface area contributed by atoms with Crippen LogP contribution in [0.3, 0.4) is 0 Å². The van der Waals surface area contributed by atoms with E-state index in [9.17, 15) is 4.39 Å². The molecule has 1 aliphatic rings. The minimum absolute atomic E-state index is 0.286. The topological polar surface area (TPSA) is 61.0 Å². The van der Waals surface area contributed by atoms with Crippen molar-refractivity contribution in [1.29, 1.82) is 0 Å². The summed E-state index contributed by atoms with van der Waals surface area (Å²) in [4.78, 5) is 8.55. The zero-order chi connectivity index (χ0) is 13.4. The molecule has 2 aromatic rings. The number of anilines is 1. The van der Waals surface area contributed by atoms with Gasteiger partial charge in [-0.3, -0.25) is 0 Å². The van der Waals surface area contributed by atoms with Gasteiger partial charge in [-0.15, -0.1) is 0 Å². The average molecular weight is 259 g/mol. The molecule has 0 spiro atoms. The Morgan fingerprint density at radius 2 is 2.05 bits per heavy atom. The fourth-order valence-corrected chi connectivity index (χ4v) is 1.88. The normalized spacial score (nSPS) is 14.4. The lowest BCUT2D eigenvalue weighted by Gasteiger charge is -2.09. The summed E-state index contributed by atoms with van der Waals surface area (Å²) in [5, 5.41) is 0. The van der Waals surface area contributed by atoms with Crippen LogP contribution in [0.1, 0.15) is 30.1 Å². The number of hydrogen-bond acceptors (Lipinski definition) is 4. The van der Waals surface area contributed by atoms with Crippen LogP contribution < -0.4 is 10.5 Å². The Labute approximate surface area is 110 Å². The molecular weight excluding hydrogens is 245 g/mol. The van der Waals surface area contributed by atoms with E-state index in [0.29, 0.717) is 28.9 Å². The predicted octanol–water partition coefficient (Wildman–Crippen LogP) is 3.18. The molecule has 98 valence electrons. The minimum atomic E-state index is -0.286. The molecule has 2 N–H and O–H groups in total. The molecule has 1 aliphatic carbocycles. The monoisotopic (exact) mass is 259 g/mol. The second kappa shape index (κ2) is 4.50. The first kappa shape index (κ1) is 11.9. The number of aryl methyl sites for hydroxylation is 1. The molecule has 0 amide bonds. The fraction of sp³-hybridized carbons (Fsp3) is 0.286. The Balaban J connectivity index is 1.89. The van der Waals surface area contributed by atoms with Gasteiger partial charge in [0.25, 0.3) is 0 Å². The van der Waals surface area contributed by atoms with E-state index in [1.807, 2.05) is 0 Å². The summed E-state index contributed by atoms with van der Waals surface area (Å²) < 4.78 is 18.7. The number of nitrogens with zero attached hydrogens (tertiary/aromatic N) is 2. The Bertz CT molecular complexity index is 626. The number of benzene rings is 1. The van der Waals surface area contributed by atoms with Gasteiger partial charge in [-0.05, 0) is 43.5 Å². The molecule has 19 heavy (non-hydrogen) atoms. The maximum absolute atomic E-state index is 13.0. The molecule has 0 bridgehead atoms. The molecule has 0 atom stereocenters. The van der Waals surface area contributed by atoms with Crippen molar-refractivity contribution in [3.05, 3.63) is 41.5 Å². The van der Waals surface area contributed by atoms with Gasteiger partial charge in [-0.1, -0.05) is 0 Å². The van der Waals surface area contributed by atoms with Crippen molar-refractivity contribution in [2.24, 2.45) is 0 Å². The first-order chi connectivity index (χ1) is 9.11. The molecule has 5 heteroatoms. The summed E-state index contributed by atoms with van der Waals surface area (Å²) in [5.41, 5.74) is 6.46. The smallest absolute Gasteiger partial charge is 0.224 e. The molecule has 1 aromatic carbocycles. The van der Waals surface area contributed by atoms with Crippen LogP contribution in [0.2, 0.25) is 0 Å². The van der Waals surface area contributed by atoms with E-state index in [4.69, 9.17) is 10.5 Å². The molecule has 1 fully saturated rings. The van der Waals surface area contributed by atoms with Crippen LogP contribution in [0, 0.1) is 12.7 Å². The highest BCUT2D eigenvalue weighted by Gasteiger charge is 2.27. The quantitative estimate of drug-likeness (QED) is 0.919. The van der Waals surface area contributed by atoms with Crippen molar-refractivity contribution in [2.45, 2.75) is 25.7 Å². The molecule has 4 nitrogen and oxygen atoms in total. The van der Waals surface area contributed by atoms with E-state index < -0.39 is 0 Å². The summed E-state index contributed by atoms with van der Waals surface area (Å²) in [7, 11) is 0. The van der Waals surface area contributed by atoms with Gasteiger partial charge in [0, 0.05) is 12.0 Å². The third-order valence-corrected chi connectivity index (χ3v) is 3.03. The summed E-state index contributed by atoms with van der Waals surface area (Å²) in [6.45, 7) is 1.78.